The smallest absolute Gasteiger partial charge is 0.223 e. The van der Waals surface area contributed by atoms with Crippen LogP contribution in [0.25, 0.3) is 0 Å². The van der Waals surface area contributed by atoms with E-state index in [2.05, 4.69) is 50.4 Å². The van der Waals surface area contributed by atoms with Crippen molar-refractivity contribution >= 4 is 23.1 Å². The summed E-state index contributed by atoms with van der Waals surface area (Å²) in [6.45, 7) is 11.5. The molecule has 152 valence electrons. The molecule has 1 amide bonds. The van der Waals surface area contributed by atoms with E-state index in [4.69, 9.17) is 0 Å². The quantitative estimate of drug-likeness (QED) is 0.736. The van der Waals surface area contributed by atoms with Crippen molar-refractivity contribution in [3.05, 3.63) is 40.0 Å². The number of pyridine rings is 1. The summed E-state index contributed by atoms with van der Waals surface area (Å²) in [4.78, 5) is 26.2. The highest BCUT2D eigenvalue weighted by molar-refractivity contribution is 7.09. The lowest BCUT2D eigenvalue weighted by molar-refractivity contribution is -0.126. The zero-order chi connectivity index (χ0) is 19.9. The molecule has 0 aliphatic carbocycles. The summed E-state index contributed by atoms with van der Waals surface area (Å²) >= 11 is 1.70. The van der Waals surface area contributed by atoms with Crippen LogP contribution in [0.3, 0.4) is 0 Å². The summed E-state index contributed by atoms with van der Waals surface area (Å²) in [5.41, 5.74) is 2.19. The van der Waals surface area contributed by atoms with Gasteiger partial charge >= 0.3 is 0 Å². The third-order valence-electron chi connectivity index (χ3n) is 5.37. The molecule has 1 aliphatic heterocycles. The third-order valence-corrected chi connectivity index (χ3v) is 6.20. The Hall–Kier alpha value is -1.99. The lowest BCUT2D eigenvalue weighted by Crippen LogP contribution is -2.40. The molecule has 1 aliphatic rings. The van der Waals surface area contributed by atoms with Crippen LogP contribution >= 0.6 is 11.3 Å². The van der Waals surface area contributed by atoms with Gasteiger partial charge in [-0.3, -0.25) is 9.69 Å². The van der Waals surface area contributed by atoms with E-state index in [-0.39, 0.29) is 11.8 Å². The number of thiazole rings is 1. The molecule has 0 radical (unpaired) electrons. The molecule has 7 heteroatoms. The van der Waals surface area contributed by atoms with Crippen LogP contribution in [-0.4, -0.2) is 47.0 Å². The van der Waals surface area contributed by atoms with Crippen LogP contribution in [0.15, 0.2) is 23.7 Å². The highest BCUT2D eigenvalue weighted by atomic mass is 32.1. The van der Waals surface area contributed by atoms with E-state index in [1.165, 1.54) is 0 Å². The number of nitrogens with one attached hydrogen (secondary N) is 1. The highest BCUT2D eigenvalue weighted by Crippen LogP contribution is 2.20. The van der Waals surface area contributed by atoms with E-state index in [1.807, 2.05) is 19.2 Å². The minimum absolute atomic E-state index is 0.108. The van der Waals surface area contributed by atoms with Gasteiger partial charge in [0.25, 0.3) is 0 Å². The molecule has 1 fully saturated rings. The molecule has 0 atom stereocenters. The van der Waals surface area contributed by atoms with Gasteiger partial charge in [0.2, 0.25) is 5.91 Å². The van der Waals surface area contributed by atoms with Gasteiger partial charge in [-0.25, -0.2) is 9.97 Å². The number of carbonyl (C=O) groups is 1. The van der Waals surface area contributed by atoms with Crippen LogP contribution in [0.1, 0.15) is 43.0 Å². The fourth-order valence-corrected chi connectivity index (χ4v) is 4.26. The van der Waals surface area contributed by atoms with Gasteiger partial charge in [-0.15, -0.1) is 11.3 Å². The Morgan fingerprint density at radius 2 is 2.04 bits per heavy atom. The van der Waals surface area contributed by atoms with Crippen molar-refractivity contribution in [3.8, 4) is 0 Å². The summed E-state index contributed by atoms with van der Waals surface area (Å²) in [7, 11) is 0. The predicted octanol–water partition coefficient (Wildman–Crippen LogP) is 3.22. The summed E-state index contributed by atoms with van der Waals surface area (Å²) in [6.07, 6.45) is 3.69. The Labute approximate surface area is 172 Å². The van der Waals surface area contributed by atoms with Crippen molar-refractivity contribution in [1.82, 2.24) is 20.2 Å². The molecule has 1 saturated heterocycles. The van der Waals surface area contributed by atoms with Gasteiger partial charge in [-0.1, -0.05) is 6.07 Å². The SMILES string of the molecule is CCN(CC)c1ccc(CNC(=O)C2CCN(Cc3csc(C)n3)CC2)cn1. The van der Waals surface area contributed by atoms with Crippen LogP contribution in [0.2, 0.25) is 0 Å². The van der Waals surface area contributed by atoms with Gasteiger partial charge in [-0.2, -0.15) is 0 Å². The van der Waals surface area contributed by atoms with Crippen LogP contribution < -0.4 is 10.2 Å². The van der Waals surface area contributed by atoms with Crippen molar-refractivity contribution in [2.24, 2.45) is 5.92 Å². The number of hydrogen-bond acceptors (Lipinski definition) is 6. The van der Waals surface area contributed by atoms with E-state index in [0.717, 1.165) is 67.6 Å². The number of piperidine rings is 1. The first-order chi connectivity index (χ1) is 13.6. The average Bonchev–Trinajstić information content (AvgIpc) is 3.13. The molecule has 1 N–H and O–H groups in total. The Morgan fingerprint density at radius 3 is 2.61 bits per heavy atom. The molecule has 0 saturated carbocycles. The Balaban J connectivity index is 1.42. The van der Waals surface area contributed by atoms with Crippen LogP contribution in [-0.2, 0) is 17.9 Å². The fraction of sp³-hybridized carbons (Fsp3) is 0.571. The molecule has 3 heterocycles. The first-order valence-electron chi connectivity index (χ1n) is 10.2. The van der Waals surface area contributed by atoms with Gasteiger partial charge in [0.15, 0.2) is 0 Å². The van der Waals surface area contributed by atoms with Crippen molar-refractivity contribution in [2.75, 3.05) is 31.1 Å². The molecule has 0 spiro atoms. The maximum atomic E-state index is 12.5. The number of carbonyl (C=O) groups excluding carboxylic acids is 1. The van der Waals surface area contributed by atoms with E-state index in [0.29, 0.717) is 6.54 Å². The van der Waals surface area contributed by atoms with Crippen molar-refractivity contribution in [2.45, 2.75) is 46.7 Å². The summed E-state index contributed by atoms with van der Waals surface area (Å²) in [5, 5.41) is 6.34. The first-order valence-corrected chi connectivity index (χ1v) is 11.1. The fourth-order valence-electron chi connectivity index (χ4n) is 3.65. The second-order valence-electron chi connectivity index (χ2n) is 7.32. The molecule has 0 bridgehead atoms. The number of anilines is 1. The van der Waals surface area contributed by atoms with Gasteiger partial charge < -0.3 is 10.2 Å². The van der Waals surface area contributed by atoms with Gasteiger partial charge in [0.1, 0.15) is 5.82 Å². The minimum Gasteiger partial charge on any atom is -0.357 e. The predicted molar refractivity (Wildman–Crippen MR) is 114 cm³/mol. The minimum atomic E-state index is 0.108. The standard InChI is InChI=1S/C21H31N5OS/c1-4-26(5-2)20-7-6-17(12-22-20)13-23-21(27)18-8-10-25(11-9-18)14-19-15-28-16(3)24-19/h6-7,12,15,18H,4-5,8-11,13-14H2,1-3H3,(H,23,27). The van der Waals surface area contributed by atoms with E-state index in [1.54, 1.807) is 11.3 Å². The van der Waals surface area contributed by atoms with Crippen LogP contribution in [0, 0.1) is 12.8 Å². The number of aromatic nitrogens is 2. The number of rotatable bonds is 8. The van der Waals surface area contributed by atoms with E-state index >= 15 is 0 Å². The zero-order valence-electron chi connectivity index (χ0n) is 17.1. The Kier molecular flexibility index (Phi) is 7.39. The Morgan fingerprint density at radius 1 is 1.29 bits per heavy atom. The highest BCUT2D eigenvalue weighted by Gasteiger charge is 2.25. The van der Waals surface area contributed by atoms with Crippen molar-refractivity contribution in [1.29, 1.82) is 0 Å². The summed E-state index contributed by atoms with van der Waals surface area (Å²) in [5.74, 6) is 1.26. The Bertz CT molecular complexity index is 748. The molecule has 2 aromatic rings. The number of amides is 1. The molecule has 0 unspecified atom stereocenters. The summed E-state index contributed by atoms with van der Waals surface area (Å²) in [6, 6.07) is 4.09. The lowest BCUT2D eigenvalue weighted by atomic mass is 9.95. The molecule has 2 aromatic heterocycles. The molecular formula is C21H31N5OS. The number of hydrogen-bond donors (Lipinski definition) is 1. The van der Waals surface area contributed by atoms with Crippen LogP contribution in [0.4, 0.5) is 5.82 Å². The number of aryl methyl sites for hydroxylation is 1. The molecule has 0 aromatic carbocycles. The normalized spacial score (nSPS) is 15.5. The molecular weight excluding hydrogens is 370 g/mol. The van der Waals surface area contributed by atoms with Gasteiger partial charge in [-0.05, 0) is 58.3 Å². The summed E-state index contributed by atoms with van der Waals surface area (Å²) < 4.78 is 0. The second-order valence-corrected chi connectivity index (χ2v) is 8.39. The maximum absolute atomic E-state index is 12.5. The number of likely N-dealkylation sites (tertiary alicyclic amines) is 1. The molecule has 28 heavy (non-hydrogen) atoms. The second kappa shape index (κ2) is 9.98. The van der Waals surface area contributed by atoms with Crippen molar-refractivity contribution < 1.29 is 4.79 Å². The van der Waals surface area contributed by atoms with Gasteiger partial charge in [0, 0.05) is 43.7 Å². The van der Waals surface area contributed by atoms with E-state index < -0.39 is 0 Å². The topological polar surface area (TPSA) is 61.4 Å². The molecule has 6 nitrogen and oxygen atoms in total. The first kappa shape index (κ1) is 20.7. The monoisotopic (exact) mass is 401 g/mol. The zero-order valence-corrected chi connectivity index (χ0v) is 18.0. The maximum Gasteiger partial charge on any atom is 0.223 e. The molecule has 3 rings (SSSR count). The average molecular weight is 402 g/mol. The van der Waals surface area contributed by atoms with E-state index in [9.17, 15) is 4.79 Å². The third kappa shape index (κ3) is 5.52. The largest absolute Gasteiger partial charge is 0.357 e. The van der Waals surface area contributed by atoms with Crippen molar-refractivity contribution in [3.63, 3.8) is 0 Å². The van der Waals surface area contributed by atoms with Gasteiger partial charge in [0.05, 0.1) is 10.7 Å². The lowest BCUT2D eigenvalue weighted by Gasteiger charge is -2.30. The number of nitrogens with zero attached hydrogens (tertiary/aromatic N) is 4. The van der Waals surface area contributed by atoms with Crippen LogP contribution in [0.5, 0.6) is 0 Å².